The second-order valence-corrected chi connectivity index (χ2v) is 5.73. The Morgan fingerprint density at radius 2 is 2.00 bits per heavy atom. The van der Waals surface area contributed by atoms with Gasteiger partial charge in [-0.1, -0.05) is 6.92 Å². The fourth-order valence-electron chi connectivity index (χ4n) is 2.30. The van der Waals surface area contributed by atoms with Crippen molar-refractivity contribution in [3.63, 3.8) is 0 Å². The van der Waals surface area contributed by atoms with Gasteiger partial charge in [0.15, 0.2) is 5.11 Å². The minimum absolute atomic E-state index is 0.254. The highest BCUT2D eigenvalue weighted by atomic mass is 32.1. The molecule has 1 saturated heterocycles. The molecule has 2 N–H and O–H groups in total. The fourth-order valence-corrected chi connectivity index (χ4v) is 2.59. The lowest BCUT2D eigenvalue weighted by molar-refractivity contribution is 0.179. The third-order valence-corrected chi connectivity index (χ3v) is 3.44. The summed E-state index contributed by atoms with van der Waals surface area (Å²) in [6.45, 7) is 9.63. The van der Waals surface area contributed by atoms with Gasteiger partial charge in [-0.25, -0.2) is 0 Å². The molecule has 1 aliphatic heterocycles. The summed E-state index contributed by atoms with van der Waals surface area (Å²) in [6, 6.07) is 0.254. The topological polar surface area (TPSA) is 36.5 Å². The van der Waals surface area contributed by atoms with Gasteiger partial charge in [0.05, 0.1) is 6.61 Å². The van der Waals surface area contributed by atoms with Crippen LogP contribution in [0.3, 0.4) is 0 Å². The first-order chi connectivity index (χ1) is 8.61. The van der Waals surface area contributed by atoms with E-state index >= 15 is 0 Å². The molecule has 0 radical (unpaired) electrons. The summed E-state index contributed by atoms with van der Waals surface area (Å²) in [6.07, 6.45) is 2.71. The Bertz CT molecular complexity index is 244. The molecule has 2 unspecified atom stereocenters. The lowest BCUT2D eigenvalue weighted by Crippen LogP contribution is -2.44. The van der Waals surface area contributed by atoms with Crippen molar-refractivity contribution in [3.8, 4) is 0 Å². The molecular formula is C13H27N3OS. The average Bonchev–Trinajstić information content (AvgIpc) is 2.79. The van der Waals surface area contributed by atoms with Gasteiger partial charge in [0.2, 0.25) is 0 Å². The molecule has 0 saturated carbocycles. The van der Waals surface area contributed by atoms with Crippen molar-refractivity contribution in [3.05, 3.63) is 0 Å². The molecule has 1 rings (SSSR count). The molecule has 2 atom stereocenters. The number of ether oxygens (including phenoxy) is 1. The number of hydrogen-bond acceptors (Lipinski definition) is 3. The highest BCUT2D eigenvalue weighted by Crippen LogP contribution is 2.09. The van der Waals surface area contributed by atoms with Crippen LogP contribution in [0.15, 0.2) is 0 Å². The minimum Gasteiger partial charge on any atom is -0.383 e. The van der Waals surface area contributed by atoms with E-state index in [1.54, 1.807) is 7.11 Å². The van der Waals surface area contributed by atoms with Gasteiger partial charge in [-0.3, -0.25) is 0 Å². The van der Waals surface area contributed by atoms with E-state index in [2.05, 4.69) is 29.4 Å². The summed E-state index contributed by atoms with van der Waals surface area (Å²) in [5, 5.41) is 7.22. The fraction of sp³-hybridized carbons (Fsp3) is 0.923. The van der Waals surface area contributed by atoms with Gasteiger partial charge in [0, 0.05) is 26.2 Å². The summed E-state index contributed by atoms with van der Waals surface area (Å²) in [7, 11) is 1.70. The van der Waals surface area contributed by atoms with E-state index < -0.39 is 0 Å². The summed E-state index contributed by atoms with van der Waals surface area (Å²) in [4.78, 5) is 2.54. The molecule has 0 spiro atoms. The number of nitrogens with zero attached hydrogens (tertiary/aromatic N) is 1. The average molecular weight is 273 g/mol. The molecule has 106 valence electrons. The van der Waals surface area contributed by atoms with Crippen LogP contribution in [-0.4, -0.2) is 55.9 Å². The zero-order valence-electron chi connectivity index (χ0n) is 11.9. The molecule has 0 amide bonds. The van der Waals surface area contributed by atoms with E-state index in [1.165, 1.54) is 32.5 Å². The van der Waals surface area contributed by atoms with E-state index in [0.717, 1.165) is 11.7 Å². The molecule has 1 fully saturated rings. The lowest BCUT2D eigenvalue weighted by Gasteiger charge is -2.22. The quantitative estimate of drug-likeness (QED) is 0.682. The third-order valence-electron chi connectivity index (χ3n) is 3.17. The number of likely N-dealkylation sites (tertiary alicyclic amines) is 1. The molecule has 0 aliphatic carbocycles. The Morgan fingerprint density at radius 3 is 2.61 bits per heavy atom. The molecular weight excluding hydrogens is 246 g/mol. The van der Waals surface area contributed by atoms with Crippen LogP contribution in [0.2, 0.25) is 0 Å². The molecule has 0 bridgehead atoms. The predicted octanol–water partition coefficient (Wildman–Crippen LogP) is 1.22. The van der Waals surface area contributed by atoms with E-state index in [4.69, 9.17) is 17.0 Å². The number of thiocarbonyl (C=S) groups is 1. The van der Waals surface area contributed by atoms with Crippen molar-refractivity contribution < 1.29 is 4.74 Å². The van der Waals surface area contributed by atoms with E-state index in [-0.39, 0.29) is 6.04 Å². The van der Waals surface area contributed by atoms with E-state index in [0.29, 0.717) is 12.5 Å². The number of nitrogens with one attached hydrogen (secondary N) is 2. The maximum atomic E-state index is 5.25. The van der Waals surface area contributed by atoms with Crippen LogP contribution in [-0.2, 0) is 4.74 Å². The Balaban J connectivity index is 2.09. The van der Waals surface area contributed by atoms with Crippen molar-refractivity contribution in [1.29, 1.82) is 0 Å². The van der Waals surface area contributed by atoms with Gasteiger partial charge in [-0.05, 0) is 51.0 Å². The Morgan fingerprint density at radius 1 is 1.33 bits per heavy atom. The number of methoxy groups -OCH3 is 1. The summed E-state index contributed by atoms with van der Waals surface area (Å²) < 4.78 is 5.06. The Kier molecular flexibility index (Phi) is 7.54. The highest BCUT2D eigenvalue weighted by molar-refractivity contribution is 7.80. The molecule has 5 heteroatoms. The predicted molar refractivity (Wildman–Crippen MR) is 79.9 cm³/mol. The molecule has 4 nitrogen and oxygen atoms in total. The van der Waals surface area contributed by atoms with Crippen molar-refractivity contribution in [2.45, 2.75) is 32.7 Å². The van der Waals surface area contributed by atoms with Crippen molar-refractivity contribution in [2.24, 2.45) is 5.92 Å². The van der Waals surface area contributed by atoms with Crippen molar-refractivity contribution >= 4 is 17.3 Å². The van der Waals surface area contributed by atoms with Crippen LogP contribution in [0.25, 0.3) is 0 Å². The normalized spacial score (nSPS) is 19.5. The Labute approximate surface area is 116 Å². The SMILES string of the molecule is COCC(C)NC(=S)NCC(C)CN1CCCC1. The first kappa shape index (κ1) is 15.7. The maximum Gasteiger partial charge on any atom is 0.166 e. The van der Waals surface area contributed by atoms with Crippen molar-refractivity contribution in [1.82, 2.24) is 15.5 Å². The number of rotatable bonds is 7. The van der Waals surface area contributed by atoms with E-state index in [9.17, 15) is 0 Å². The van der Waals surface area contributed by atoms with Crippen LogP contribution in [0.1, 0.15) is 26.7 Å². The van der Waals surface area contributed by atoms with Gasteiger partial charge in [-0.2, -0.15) is 0 Å². The molecule has 0 aromatic carbocycles. The second-order valence-electron chi connectivity index (χ2n) is 5.32. The monoisotopic (exact) mass is 273 g/mol. The first-order valence-electron chi connectivity index (χ1n) is 6.87. The Hall–Kier alpha value is -0.390. The van der Waals surface area contributed by atoms with Crippen molar-refractivity contribution in [2.75, 3.05) is 39.9 Å². The molecule has 1 heterocycles. The van der Waals surface area contributed by atoms with Gasteiger partial charge < -0.3 is 20.3 Å². The zero-order chi connectivity index (χ0) is 13.4. The second kappa shape index (κ2) is 8.67. The van der Waals surface area contributed by atoms with E-state index in [1.807, 2.05) is 0 Å². The van der Waals surface area contributed by atoms with Crippen LogP contribution in [0.5, 0.6) is 0 Å². The number of hydrogen-bond donors (Lipinski definition) is 2. The summed E-state index contributed by atoms with van der Waals surface area (Å²) in [5.74, 6) is 0.626. The largest absolute Gasteiger partial charge is 0.383 e. The zero-order valence-corrected chi connectivity index (χ0v) is 12.7. The smallest absolute Gasteiger partial charge is 0.166 e. The maximum absolute atomic E-state index is 5.25. The molecule has 18 heavy (non-hydrogen) atoms. The van der Waals surface area contributed by atoms with Gasteiger partial charge >= 0.3 is 0 Å². The summed E-state index contributed by atoms with van der Waals surface area (Å²) >= 11 is 5.25. The van der Waals surface area contributed by atoms with Gasteiger partial charge in [0.1, 0.15) is 0 Å². The van der Waals surface area contributed by atoms with Gasteiger partial charge in [-0.15, -0.1) is 0 Å². The van der Waals surface area contributed by atoms with Crippen LogP contribution < -0.4 is 10.6 Å². The standard InChI is InChI=1S/C13H27N3OS/c1-11(9-16-6-4-5-7-16)8-14-13(18)15-12(2)10-17-3/h11-12H,4-10H2,1-3H3,(H2,14,15,18). The van der Waals surface area contributed by atoms with Crippen LogP contribution in [0.4, 0.5) is 0 Å². The van der Waals surface area contributed by atoms with Crippen LogP contribution in [0, 0.1) is 5.92 Å². The van der Waals surface area contributed by atoms with Gasteiger partial charge in [0.25, 0.3) is 0 Å². The first-order valence-corrected chi connectivity index (χ1v) is 7.28. The third kappa shape index (κ3) is 6.52. The molecule has 0 aromatic heterocycles. The molecule has 1 aliphatic rings. The highest BCUT2D eigenvalue weighted by Gasteiger charge is 2.14. The van der Waals surface area contributed by atoms with Crippen LogP contribution >= 0.6 is 12.2 Å². The summed E-state index contributed by atoms with van der Waals surface area (Å²) in [5.41, 5.74) is 0. The molecule has 0 aromatic rings. The minimum atomic E-state index is 0.254. The lowest BCUT2D eigenvalue weighted by atomic mass is 10.1.